The van der Waals surface area contributed by atoms with E-state index in [4.69, 9.17) is 4.74 Å². The van der Waals surface area contributed by atoms with Crippen molar-refractivity contribution >= 4 is 0 Å². The fourth-order valence-corrected chi connectivity index (χ4v) is 0.747. The third kappa shape index (κ3) is 9.52. The van der Waals surface area contributed by atoms with Gasteiger partial charge >= 0.3 is 0 Å². The summed E-state index contributed by atoms with van der Waals surface area (Å²) in [5.74, 6) is 5.89. The minimum Gasteiger partial charge on any atom is -0.381 e. The molecular weight excluding hydrogens is 136 g/mol. The number of hydrogen-bond acceptors (Lipinski definition) is 1. The number of unbranched alkanes of at least 4 members (excludes halogenated alkanes) is 2. The first kappa shape index (κ1) is 10.5. The van der Waals surface area contributed by atoms with Crippen LogP contribution in [0, 0.1) is 18.8 Å². The Morgan fingerprint density at radius 3 is 2.73 bits per heavy atom. The summed E-state index contributed by atoms with van der Waals surface area (Å²) >= 11 is 0. The van der Waals surface area contributed by atoms with Crippen molar-refractivity contribution in [1.29, 1.82) is 0 Å². The van der Waals surface area contributed by atoms with E-state index in [1.54, 1.807) is 0 Å². The van der Waals surface area contributed by atoms with E-state index in [-0.39, 0.29) is 0 Å². The van der Waals surface area contributed by atoms with Gasteiger partial charge in [0, 0.05) is 19.6 Å². The predicted molar refractivity (Wildman–Crippen MR) is 48.1 cm³/mol. The predicted octanol–water partition coefficient (Wildman–Crippen LogP) is 2.42. The molecule has 0 saturated carbocycles. The molecule has 0 unspecified atom stereocenters. The van der Waals surface area contributed by atoms with Crippen LogP contribution in [0.15, 0.2) is 0 Å². The van der Waals surface area contributed by atoms with Crippen LogP contribution < -0.4 is 0 Å². The monoisotopic (exact) mass is 153 g/mol. The molecule has 0 aliphatic rings. The summed E-state index contributed by atoms with van der Waals surface area (Å²) < 4.78 is 5.25. The van der Waals surface area contributed by atoms with E-state index in [0.29, 0.717) is 0 Å². The maximum atomic E-state index is 5.25. The molecule has 0 aliphatic heterocycles. The lowest BCUT2D eigenvalue weighted by atomic mass is 10.2. The lowest BCUT2D eigenvalue weighted by Gasteiger charge is -1.99. The smallest absolute Gasteiger partial charge is 0.0466 e. The summed E-state index contributed by atoms with van der Waals surface area (Å²) in [5, 5.41) is 0. The van der Waals surface area contributed by atoms with Crippen molar-refractivity contribution in [2.45, 2.75) is 32.6 Å². The quantitative estimate of drug-likeness (QED) is 0.420. The van der Waals surface area contributed by atoms with Gasteiger partial charge < -0.3 is 4.74 Å². The first-order valence-electron chi connectivity index (χ1n) is 4.18. The van der Waals surface area contributed by atoms with Crippen molar-refractivity contribution < 1.29 is 4.74 Å². The highest BCUT2D eigenvalue weighted by molar-refractivity contribution is 4.94. The van der Waals surface area contributed by atoms with E-state index in [0.717, 1.165) is 38.9 Å². The maximum Gasteiger partial charge on any atom is 0.0466 e. The van der Waals surface area contributed by atoms with E-state index in [1.807, 2.05) is 6.92 Å². The van der Waals surface area contributed by atoms with Gasteiger partial charge in [0.15, 0.2) is 0 Å². The van der Waals surface area contributed by atoms with Crippen LogP contribution in [0.25, 0.3) is 0 Å². The average molecular weight is 153 g/mol. The summed E-state index contributed by atoms with van der Waals surface area (Å²) in [6.45, 7) is 7.21. The number of rotatable bonds is 6. The second kappa shape index (κ2) is 9.52. The topological polar surface area (TPSA) is 9.23 Å². The molecule has 0 fully saturated rings. The van der Waals surface area contributed by atoms with Crippen LogP contribution in [0.1, 0.15) is 32.6 Å². The molecule has 0 aromatic rings. The molecule has 0 amide bonds. The zero-order valence-corrected chi connectivity index (χ0v) is 7.36. The summed E-state index contributed by atoms with van der Waals surface area (Å²) in [6, 6.07) is 0. The Kier molecular flexibility index (Phi) is 9.10. The zero-order chi connectivity index (χ0) is 8.36. The van der Waals surface area contributed by atoms with Gasteiger partial charge in [0.05, 0.1) is 0 Å². The zero-order valence-electron chi connectivity index (χ0n) is 7.36. The highest BCUT2D eigenvalue weighted by atomic mass is 16.5. The molecular formula is C10H17O. The summed E-state index contributed by atoms with van der Waals surface area (Å²) in [4.78, 5) is 0. The van der Waals surface area contributed by atoms with Crippen molar-refractivity contribution in [2.24, 2.45) is 0 Å². The highest BCUT2D eigenvalue weighted by Gasteiger charge is 1.86. The van der Waals surface area contributed by atoms with Crippen molar-refractivity contribution in [1.82, 2.24) is 0 Å². The Morgan fingerprint density at radius 2 is 2.09 bits per heavy atom. The van der Waals surface area contributed by atoms with Gasteiger partial charge in [-0.25, -0.2) is 0 Å². The molecule has 1 heteroatoms. The van der Waals surface area contributed by atoms with Crippen molar-refractivity contribution in [2.75, 3.05) is 13.2 Å². The standard InChI is InChI=1S/C10H17O/c1-3-5-6-7-8-10-11-9-4-2/h2,4,6-10H2,1H3. The molecule has 11 heavy (non-hydrogen) atoms. The summed E-state index contributed by atoms with van der Waals surface area (Å²) in [6.07, 6.45) is 4.14. The van der Waals surface area contributed by atoms with Crippen LogP contribution >= 0.6 is 0 Å². The molecule has 0 aromatic heterocycles. The van der Waals surface area contributed by atoms with Crippen LogP contribution in [-0.2, 0) is 4.74 Å². The molecule has 1 nitrogen and oxygen atoms in total. The van der Waals surface area contributed by atoms with Gasteiger partial charge in [0.2, 0.25) is 0 Å². The molecule has 0 saturated heterocycles. The van der Waals surface area contributed by atoms with Crippen LogP contribution in [0.3, 0.4) is 0 Å². The largest absolute Gasteiger partial charge is 0.381 e. The molecule has 63 valence electrons. The molecule has 1 radical (unpaired) electrons. The molecule has 0 N–H and O–H groups in total. The van der Waals surface area contributed by atoms with Crippen LogP contribution in [-0.4, -0.2) is 13.2 Å². The van der Waals surface area contributed by atoms with Gasteiger partial charge in [-0.15, -0.1) is 11.8 Å². The van der Waals surface area contributed by atoms with E-state index in [2.05, 4.69) is 18.8 Å². The molecule has 0 rings (SSSR count). The summed E-state index contributed by atoms with van der Waals surface area (Å²) in [5.41, 5.74) is 0. The minimum atomic E-state index is 0.791. The Morgan fingerprint density at radius 1 is 1.27 bits per heavy atom. The SMILES string of the molecule is [CH2]CCOCCCCC#CC. The minimum absolute atomic E-state index is 0.791. The third-order valence-corrected chi connectivity index (χ3v) is 1.31. The first-order valence-corrected chi connectivity index (χ1v) is 4.18. The van der Waals surface area contributed by atoms with Crippen molar-refractivity contribution in [3.63, 3.8) is 0 Å². The number of ether oxygens (including phenoxy) is 1. The highest BCUT2D eigenvalue weighted by Crippen LogP contribution is 1.94. The molecule has 0 atom stereocenters. The van der Waals surface area contributed by atoms with Gasteiger partial charge in [-0.05, 0) is 26.2 Å². The van der Waals surface area contributed by atoms with Gasteiger partial charge in [-0.2, -0.15) is 0 Å². The lowest BCUT2D eigenvalue weighted by Crippen LogP contribution is -1.94. The molecule has 0 aliphatic carbocycles. The van der Waals surface area contributed by atoms with Crippen LogP contribution in [0.5, 0.6) is 0 Å². The average Bonchev–Trinajstić information content (AvgIpc) is 2.03. The first-order chi connectivity index (χ1) is 5.41. The Balaban J connectivity index is 2.83. The van der Waals surface area contributed by atoms with Crippen LogP contribution in [0.2, 0.25) is 0 Å². The Hall–Kier alpha value is -0.480. The van der Waals surface area contributed by atoms with Gasteiger partial charge in [-0.1, -0.05) is 6.92 Å². The van der Waals surface area contributed by atoms with E-state index < -0.39 is 0 Å². The van der Waals surface area contributed by atoms with Gasteiger partial charge in [0.25, 0.3) is 0 Å². The molecule has 0 heterocycles. The van der Waals surface area contributed by atoms with E-state index in [1.165, 1.54) is 0 Å². The maximum absolute atomic E-state index is 5.25. The third-order valence-electron chi connectivity index (χ3n) is 1.31. The Labute approximate surface area is 70.1 Å². The van der Waals surface area contributed by atoms with Crippen LogP contribution in [0.4, 0.5) is 0 Å². The second-order valence-corrected chi connectivity index (χ2v) is 2.35. The molecule has 0 bridgehead atoms. The Bertz CT molecular complexity index is 119. The molecule has 0 aromatic carbocycles. The number of hydrogen-bond donors (Lipinski definition) is 0. The van der Waals surface area contributed by atoms with Crippen molar-refractivity contribution in [3.8, 4) is 11.8 Å². The van der Waals surface area contributed by atoms with Gasteiger partial charge in [0.1, 0.15) is 0 Å². The normalized spacial score (nSPS) is 8.91. The van der Waals surface area contributed by atoms with E-state index >= 15 is 0 Å². The molecule has 0 spiro atoms. The van der Waals surface area contributed by atoms with Gasteiger partial charge in [-0.3, -0.25) is 0 Å². The lowest BCUT2D eigenvalue weighted by molar-refractivity contribution is 0.135. The van der Waals surface area contributed by atoms with E-state index in [9.17, 15) is 0 Å². The van der Waals surface area contributed by atoms with Crippen molar-refractivity contribution in [3.05, 3.63) is 6.92 Å². The second-order valence-electron chi connectivity index (χ2n) is 2.35. The fourth-order valence-electron chi connectivity index (χ4n) is 0.747. The summed E-state index contributed by atoms with van der Waals surface area (Å²) in [7, 11) is 0. The fraction of sp³-hybridized carbons (Fsp3) is 0.700.